The molecule has 0 fully saturated rings. The lowest BCUT2D eigenvalue weighted by Crippen LogP contribution is -2.19. The molecule has 2 heterocycles. The first kappa shape index (κ1) is 7.28. The van der Waals surface area contributed by atoms with Crippen molar-refractivity contribution >= 4 is 0 Å². The zero-order valence-corrected chi connectivity index (χ0v) is 6.77. The normalized spacial score (nSPS) is 21.8. The van der Waals surface area contributed by atoms with Gasteiger partial charge in [-0.15, -0.1) is 0 Å². The van der Waals surface area contributed by atoms with E-state index in [-0.39, 0.29) is 0 Å². The van der Waals surface area contributed by atoms with Crippen molar-refractivity contribution in [2.45, 2.75) is 18.9 Å². The quantitative estimate of drug-likeness (QED) is 0.676. The summed E-state index contributed by atoms with van der Waals surface area (Å²) < 4.78 is 0. The maximum absolute atomic E-state index is 4.19. The van der Waals surface area contributed by atoms with Crippen molar-refractivity contribution in [3.8, 4) is 0 Å². The molecule has 1 unspecified atom stereocenters. The van der Waals surface area contributed by atoms with Crippen LogP contribution in [0.5, 0.6) is 0 Å². The van der Waals surface area contributed by atoms with Crippen LogP contribution < -0.4 is 5.32 Å². The van der Waals surface area contributed by atoms with E-state index in [1.165, 1.54) is 0 Å². The summed E-state index contributed by atoms with van der Waals surface area (Å²) >= 11 is 0. The summed E-state index contributed by atoms with van der Waals surface area (Å²) in [6.45, 7) is 0. The summed E-state index contributed by atoms with van der Waals surface area (Å²) in [5.41, 5.74) is 1.08. The van der Waals surface area contributed by atoms with Gasteiger partial charge in [0, 0.05) is 6.20 Å². The van der Waals surface area contributed by atoms with Gasteiger partial charge in [0.15, 0.2) is 0 Å². The highest BCUT2D eigenvalue weighted by Crippen LogP contribution is 2.18. The number of hydrogen-bond acceptors (Lipinski definition) is 3. The molecule has 1 N–H and O–H groups in total. The maximum atomic E-state index is 4.19. The molecule has 0 saturated carbocycles. The third-order valence-corrected chi connectivity index (χ3v) is 2.00. The summed E-state index contributed by atoms with van der Waals surface area (Å²) in [4.78, 5) is 8.08. The number of hydrogen-bond donors (Lipinski definition) is 1. The van der Waals surface area contributed by atoms with E-state index in [1.807, 2.05) is 12.3 Å². The average Bonchev–Trinajstić information content (AvgIpc) is 2.21. The molecule has 1 atom stereocenters. The molecule has 0 aliphatic carbocycles. The van der Waals surface area contributed by atoms with Gasteiger partial charge in [-0.25, -0.2) is 9.97 Å². The zero-order valence-electron chi connectivity index (χ0n) is 6.77. The lowest BCUT2D eigenvalue weighted by Gasteiger charge is -2.18. The number of nitrogens with one attached hydrogen (secondary N) is 1. The Labute approximate surface area is 71.5 Å². The summed E-state index contributed by atoms with van der Waals surface area (Å²) in [5.74, 6) is 0. The molecule has 2 rings (SSSR count). The van der Waals surface area contributed by atoms with Gasteiger partial charge in [0.25, 0.3) is 0 Å². The van der Waals surface area contributed by atoms with Gasteiger partial charge >= 0.3 is 0 Å². The highest BCUT2D eigenvalue weighted by molar-refractivity contribution is 5.08. The van der Waals surface area contributed by atoms with Crippen molar-refractivity contribution < 1.29 is 0 Å². The minimum absolute atomic E-state index is 0.373. The molecule has 0 bridgehead atoms. The number of nitrogens with zero attached hydrogens (tertiary/aromatic N) is 2. The van der Waals surface area contributed by atoms with Gasteiger partial charge in [-0.2, -0.15) is 0 Å². The molecule has 12 heavy (non-hydrogen) atoms. The Balaban J connectivity index is 2.15. The Morgan fingerprint density at radius 1 is 1.50 bits per heavy atom. The van der Waals surface area contributed by atoms with Crippen LogP contribution in [0.25, 0.3) is 0 Å². The van der Waals surface area contributed by atoms with E-state index in [0.29, 0.717) is 6.04 Å². The largest absolute Gasteiger partial charge is 0.383 e. The summed E-state index contributed by atoms with van der Waals surface area (Å²) in [5, 5.41) is 3.26. The fourth-order valence-corrected chi connectivity index (χ4v) is 1.35. The Kier molecular flexibility index (Phi) is 2.03. The van der Waals surface area contributed by atoms with Crippen LogP contribution in [-0.4, -0.2) is 9.97 Å². The van der Waals surface area contributed by atoms with Crippen LogP contribution in [0.4, 0.5) is 0 Å². The standard InChI is InChI=1S/C9H11N3/c1-2-5-11-8(3-1)9-4-6-10-7-12-9/h2,4-8,11H,1,3H2. The Morgan fingerprint density at radius 3 is 3.17 bits per heavy atom. The van der Waals surface area contributed by atoms with Gasteiger partial charge in [0.05, 0.1) is 11.7 Å². The van der Waals surface area contributed by atoms with E-state index in [0.717, 1.165) is 18.5 Å². The second kappa shape index (κ2) is 3.34. The first-order valence-corrected chi connectivity index (χ1v) is 4.14. The minimum atomic E-state index is 0.373. The molecule has 0 aromatic carbocycles. The van der Waals surface area contributed by atoms with E-state index in [1.54, 1.807) is 12.5 Å². The molecule has 0 saturated heterocycles. The highest BCUT2D eigenvalue weighted by Gasteiger charge is 2.11. The van der Waals surface area contributed by atoms with Crippen LogP contribution in [0.15, 0.2) is 30.9 Å². The van der Waals surface area contributed by atoms with E-state index >= 15 is 0 Å². The topological polar surface area (TPSA) is 37.8 Å². The van der Waals surface area contributed by atoms with Crippen molar-refractivity contribution in [1.82, 2.24) is 15.3 Å². The maximum Gasteiger partial charge on any atom is 0.115 e. The summed E-state index contributed by atoms with van der Waals surface area (Å²) in [7, 11) is 0. The zero-order chi connectivity index (χ0) is 8.23. The number of allylic oxidation sites excluding steroid dienone is 1. The van der Waals surface area contributed by atoms with Crippen molar-refractivity contribution in [2.24, 2.45) is 0 Å². The Hall–Kier alpha value is -1.38. The van der Waals surface area contributed by atoms with E-state index in [2.05, 4.69) is 21.4 Å². The average molecular weight is 161 g/mol. The highest BCUT2D eigenvalue weighted by atomic mass is 14.9. The number of rotatable bonds is 1. The lowest BCUT2D eigenvalue weighted by molar-refractivity contribution is 0.538. The van der Waals surface area contributed by atoms with Crippen LogP contribution in [0.1, 0.15) is 24.6 Å². The summed E-state index contributed by atoms with van der Waals surface area (Å²) in [6, 6.07) is 2.33. The molecular formula is C9H11N3. The Morgan fingerprint density at radius 2 is 2.50 bits per heavy atom. The molecular weight excluding hydrogens is 150 g/mol. The van der Waals surface area contributed by atoms with E-state index in [4.69, 9.17) is 0 Å². The molecule has 0 radical (unpaired) electrons. The van der Waals surface area contributed by atoms with Gasteiger partial charge in [0.2, 0.25) is 0 Å². The van der Waals surface area contributed by atoms with Gasteiger partial charge in [-0.05, 0) is 25.1 Å². The van der Waals surface area contributed by atoms with Crippen molar-refractivity contribution in [3.63, 3.8) is 0 Å². The molecule has 1 aliphatic heterocycles. The third-order valence-electron chi connectivity index (χ3n) is 2.00. The lowest BCUT2D eigenvalue weighted by atomic mass is 10.1. The Bertz CT molecular complexity index is 268. The fourth-order valence-electron chi connectivity index (χ4n) is 1.35. The van der Waals surface area contributed by atoms with Crippen LogP contribution in [0, 0.1) is 0 Å². The van der Waals surface area contributed by atoms with Gasteiger partial charge in [0.1, 0.15) is 6.33 Å². The molecule has 0 amide bonds. The molecule has 1 aliphatic rings. The SMILES string of the molecule is C1=CNC(c2ccncn2)CC1. The van der Waals surface area contributed by atoms with Gasteiger partial charge < -0.3 is 5.32 Å². The van der Waals surface area contributed by atoms with Crippen LogP contribution >= 0.6 is 0 Å². The summed E-state index contributed by atoms with van der Waals surface area (Å²) in [6.07, 6.45) is 9.75. The van der Waals surface area contributed by atoms with Crippen LogP contribution in [-0.2, 0) is 0 Å². The monoisotopic (exact) mass is 161 g/mol. The van der Waals surface area contributed by atoms with E-state index < -0.39 is 0 Å². The fraction of sp³-hybridized carbons (Fsp3) is 0.333. The van der Waals surface area contributed by atoms with Gasteiger partial charge in [-0.1, -0.05) is 6.08 Å². The molecule has 1 aromatic heterocycles. The van der Waals surface area contributed by atoms with Crippen molar-refractivity contribution in [3.05, 3.63) is 36.6 Å². The van der Waals surface area contributed by atoms with Crippen molar-refractivity contribution in [1.29, 1.82) is 0 Å². The number of aromatic nitrogens is 2. The van der Waals surface area contributed by atoms with Crippen molar-refractivity contribution in [2.75, 3.05) is 0 Å². The third kappa shape index (κ3) is 1.44. The second-order valence-electron chi connectivity index (χ2n) is 2.83. The molecule has 3 heteroatoms. The van der Waals surface area contributed by atoms with Crippen LogP contribution in [0.2, 0.25) is 0 Å². The first-order valence-electron chi connectivity index (χ1n) is 4.14. The van der Waals surface area contributed by atoms with Crippen LogP contribution in [0.3, 0.4) is 0 Å². The molecule has 0 spiro atoms. The molecule has 62 valence electrons. The van der Waals surface area contributed by atoms with E-state index in [9.17, 15) is 0 Å². The minimum Gasteiger partial charge on any atom is -0.383 e. The first-order chi connectivity index (χ1) is 5.97. The predicted molar refractivity (Wildman–Crippen MR) is 46.3 cm³/mol. The smallest absolute Gasteiger partial charge is 0.115 e. The molecule has 3 nitrogen and oxygen atoms in total. The second-order valence-corrected chi connectivity index (χ2v) is 2.83. The predicted octanol–water partition coefficient (Wildman–Crippen LogP) is 1.41. The van der Waals surface area contributed by atoms with Gasteiger partial charge in [-0.3, -0.25) is 0 Å². The molecule has 1 aromatic rings.